The predicted molar refractivity (Wildman–Crippen MR) is 101 cm³/mol. The molecule has 0 saturated heterocycles. The fraction of sp³-hybridized carbons (Fsp3) is 0. The molecule has 0 radical (unpaired) electrons. The molecule has 2 N–H and O–H groups in total. The Morgan fingerprint density at radius 1 is 0.595 bits per heavy atom. The molecule has 2 amide bonds. The van der Waals surface area contributed by atoms with Crippen molar-refractivity contribution in [1.82, 2.24) is 0 Å². The van der Waals surface area contributed by atoms with Gasteiger partial charge in [0.2, 0.25) is 11.6 Å². The van der Waals surface area contributed by atoms with Crippen LogP contribution in [0.25, 0.3) is 0 Å². The van der Waals surface area contributed by atoms with Gasteiger partial charge in [0.25, 0.3) is 17.5 Å². The third-order valence-corrected chi connectivity index (χ3v) is 4.57. The van der Waals surface area contributed by atoms with Crippen LogP contribution in [-0.2, 0) is 0 Å². The summed E-state index contributed by atoms with van der Waals surface area (Å²) in [5, 5.41) is 14.3. The molecule has 0 saturated carbocycles. The molecule has 0 aliphatic carbocycles. The van der Waals surface area contributed by atoms with Crippen LogP contribution in [0, 0.1) is 68.3 Å². The number of carbonyl (C=O) groups is 2. The summed E-state index contributed by atoms with van der Waals surface area (Å²) in [6.07, 6.45) is 0. The van der Waals surface area contributed by atoms with E-state index in [1.54, 1.807) is 5.32 Å². The van der Waals surface area contributed by atoms with E-state index >= 15 is 0 Å². The molecule has 0 unspecified atom stereocenters. The highest BCUT2D eigenvalue weighted by atomic mass is 19.2. The number of anilines is 2. The molecule has 0 aromatic heterocycles. The standard InChI is InChI=1S/C20H5F10N3O4/c21-9-7(10(22)14(26)17(29)13(9)25)19(34)31-4-1-2-6(33(36)37)5(3-4)32-20(35)8-11(23)15(27)18(30)16(28)12(8)24/h1-3H,(H,31,34)(H,32,35). The molecule has 0 heterocycles. The van der Waals surface area contributed by atoms with Gasteiger partial charge in [0, 0.05) is 11.8 Å². The highest BCUT2D eigenvalue weighted by molar-refractivity contribution is 6.08. The van der Waals surface area contributed by atoms with Crippen molar-refractivity contribution in [2.24, 2.45) is 0 Å². The van der Waals surface area contributed by atoms with Gasteiger partial charge in [-0.1, -0.05) is 0 Å². The molecule has 0 fully saturated rings. The van der Waals surface area contributed by atoms with Crippen molar-refractivity contribution in [3.05, 3.63) is 97.6 Å². The lowest BCUT2D eigenvalue weighted by atomic mass is 10.1. The van der Waals surface area contributed by atoms with Gasteiger partial charge in [0.1, 0.15) is 16.8 Å². The molecule has 37 heavy (non-hydrogen) atoms. The van der Waals surface area contributed by atoms with E-state index in [0.717, 1.165) is 0 Å². The number of halogens is 10. The van der Waals surface area contributed by atoms with Crippen LogP contribution in [0.5, 0.6) is 0 Å². The molecule has 3 aromatic rings. The van der Waals surface area contributed by atoms with Gasteiger partial charge in [-0.25, -0.2) is 43.9 Å². The average Bonchev–Trinajstić information content (AvgIpc) is 2.84. The van der Waals surface area contributed by atoms with Gasteiger partial charge in [-0.3, -0.25) is 19.7 Å². The quantitative estimate of drug-likeness (QED) is 0.147. The molecule has 0 atom stereocenters. The Hall–Kier alpha value is -4.70. The maximum atomic E-state index is 13.9. The number of carbonyl (C=O) groups excluding carboxylic acids is 2. The van der Waals surface area contributed by atoms with Crippen LogP contribution in [0.15, 0.2) is 18.2 Å². The SMILES string of the molecule is O=C(Nc1ccc([N+](=O)[O-])c(NC(=O)c2c(F)c(F)c(F)c(F)c2F)c1)c1c(F)c(F)c(F)c(F)c1F. The lowest BCUT2D eigenvalue weighted by Gasteiger charge is -2.12. The van der Waals surface area contributed by atoms with Crippen molar-refractivity contribution in [1.29, 1.82) is 0 Å². The fourth-order valence-corrected chi connectivity index (χ4v) is 2.86. The molecule has 194 valence electrons. The first kappa shape index (κ1) is 26.9. The number of nitrogens with zero attached hydrogens (tertiary/aromatic N) is 1. The molecule has 17 heteroatoms. The van der Waals surface area contributed by atoms with Crippen LogP contribution < -0.4 is 10.6 Å². The monoisotopic (exact) mass is 541 g/mol. The van der Waals surface area contributed by atoms with Gasteiger partial charge in [-0.05, 0) is 12.1 Å². The fourth-order valence-electron chi connectivity index (χ4n) is 2.86. The molecular formula is C20H5F10N3O4. The average molecular weight is 541 g/mol. The number of rotatable bonds is 5. The summed E-state index contributed by atoms with van der Waals surface area (Å²) in [4.78, 5) is 34.4. The maximum absolute atomic E-state index is 13.9. The first-order chi connectivity index (χ1) is 17.2. The summed E-state index contributed by atoms with van der Waals surface area (Å²) in [6.45, 7) is 0. The normalized spacial score (nSPS) is 10.9. The molecular weight excluding hydrogens is 536 g/mol. The van der Waals surface area contributed by atoms with Crippen LogP contribution in [0.4, 0.5) is 61.0 Å². The molecule has 0 bridgehead atoms. The summed E-state index contributed by atoms with van der Waals surface area (Å²) in [5.41, 5.74) is -6.84. The summed E-state index contributed by atoms with van der Waals surface area (Å²) in [6, 6.07) is 1.57. The minimum absolute atomic E-state index is 0.423. The zero-order valence-corrected chi connectivity index (χ0v) is 17.1. The predicted octanol–water partition coefficient (Wildman–Crippen LogP) is 5.49. The third kappa shape index (κ3) is 4.62. The highest BCUT2D eigenvalue weighted by Crippen LogP contribution is 2.31. The minimum atomic E-state index is -2.60. The highest BCUT2D eigenvalue weighted by Gasteiger charge is 2.32. The van der Waals surface area contributed by atoms with Gasteiger partial charge in [-0.2, -0.15) is 0 Å². The Kier molecular flexibility index (Phi) is 7.08. The van der Waals surface area contributed by atoms with E-state index < -0.39 is 103 Å². The second-order valence-electron chi connectivity index (χ2n) is 6.79. The zero-order valence-electron chi connectivity index (χ0n) is 17.1. The van der Waals surface area contributed by atoms with Crippen molar-refractivity contribution in [2.75, 3.05) is 10.6 Å². The second-order valence-corrected chi connectivity index (χ2v) is 6.79. The van der Waals surface area contributed by atoms with Gasteiger partial charge < -0.3 is 10.6 Å². The number of nitro benzene ring substituents is 1. The number of amides is 2. The first-order valence-corrected chi connectivity index (χ1v) is 9.12. The van der Waals surface area contributed by atoms with Crippen molar-refractivity contribution in [3.8, 4) is 0 Å². The van der Waals surface area contributed by atoms with Gasteiger partial charge >= 0.3 is 0 Å². The van der Waals surface area contributed by atoms with Crippen molar-refractivity contribution < 1.29 is 58.4 Å². The van der Waals surface area contributed by atoms with Gasteiger partial charge in [-0.15, -0.1) is 0 Å². The van der Waals surface area contributed by atoms with E-state index in [-0.39, 0.29) is 0 Å². The molecule has 3 rings (SSSR count). The van der Waals surface area contributed by atoms with Crippen molar-refractivity contribution in [3.63, 3.8) is 0 Å². The van der Waals surface area contributed by atoms with Crippen molar-refractivity contribution in [2.45, 2.75) is 0 Å². The van der Waals surface area contributed by atoms with E-state index in [2.05, 4.69) is 0 Å². The molecule has 3 aromatic carbocycles. The number of nitrogens with one attached hydrogen (secondary N) is 2. The van der Waals surface area contributed by atoms with Crippen molar-refractivity contribution >= 4 is 28.9 Å². The lowest BCUT2D eigenvalue weighted by Crippen LogP contribution is -2.21. The number of hydrogen-bond acceptors (Lipinski definition) is 4. The summed E-state index contributed by atoms with van der Waals surface area (Å²) < 4.78 is 135. The Balaban J connectivity index is 2.03. The molecule has 7 nitrogen and oxygen atoms in total. The largest absolute Gasteiger partial charge is 0.322 e. The Bertz CT molecular complexity index is 1450. The van der Waals surface area contributed by atoms with Crippen LogP contribution in [0.1, 0.15) is 20.7 Å². The van der Waals surface area contributed by atoms with Crippen LogP contribution in [0.3, 0.4) is 0 Å². The summed E-state index contributed by atoms with van der Waals surface area (Å²) >= 11 is 0. The van der Waals surface area contributed by atoms with E-state index in [4.69, 9.17) is 0 Å². The smallest absolute Gasteiger partial charge is 0.292 e. The van der Waals surface area contributed by atoms with E-state index in [1.165, 1.54) is 5.32 Å². The van der Waals surface area contributed by atoms with E-state index in [0.29, 0.717) is 18.2 Å². The molecule has 0 aliphatic heterocycles. The summed E-state index contributed by atoms with van der Waals surface area (Å²) in [7, 11) is 0. The number of hydrogen-bond donors (Lipinski definition) is 2. The lowest BCUT2D eigenvalue weighted by molar-refractivity contribution is -0.383. The van der Waals surface area contributed by atoms with Gasteiger partial charge in [0.05, 0.1) is 4.92 Å². The Morgan fingerprint density at radius 2 is 0.946 bits per heavy atom. The molecule has 0 aliphatic rings. The number of nitro groups is 1. The van der Waals surface area contributed by atoms with Crippen LogP contribution >= 0.6 is 0 Å². The Labute approximate surface area is 196 Å². The maximum Gasteiger partial charge on any atom is 0.292 e. The summed E-state index contributed by atoms with van der Waals surface area (Å²) in [5.74, 6) is -29.4. The van der Waals surface area contributed by atoms with Crippen LogP contribution in [-0.4, -0.2) is 16.7 Å². The second kappa shape index (κ2) is 9.75. The van der Waals surface area contributed by atoms with Crippen LogP contribution in [0.2, 0.25) is 0 Å². The minimum Gasteiger partial charge on any atom is -0.322 e. The zero-order chi connectivity index (χ0) is 27.9. The van der Waals surface area contributed by atoms with Gasteiger partial charge in [0.15, 0.2) is 46.5 Å². The molecule has 0 spiro atoms. The van der Waals surface area contributed by atoms with E-state index in [1.807, 2.05) is 0 Å². The third-order valence-electron chi connectivity index (χ3n) is 4.57. The number of benzene rings is 3. The first-order valence-electron chi connectivity index (χ1n) is 9.12. The van der Waals surface area contributed by atoms with E-state index in [9.17, 15) is 63.6 Å². The Morgan fingerprint density at radius 3 is 1.32 bits per heavy atom. The topological polar surface area (TPSA) is 101 Å².